The number of nitro benzene ring substituents is 1. The summed E-state index contributed by atoms with van der Waals surface area (Å²) in [7, 11) is -2.55. The highest BCUT2D eigenvalue weighted by Crippen LogP contribution is 2.30. The van der Waals surface area contributed by atoms with Crippen LogP contribution in [0.5, 0.6) is 5.75 Å². The number of hydrogen-bond acceptors (Lipinski definition) is 9. The summed E-state index contributed by atoms with van der Waals surface area (Å²) in [4.78, 5) is 34.2. The second-order valence-corrected chi connectivity index (χ2v) is 8.72. The van der Waals surface area contributed by atoms with Crippen LogP contribution >= 0.6 is 0 Å². The SMILES string of the molecule is COc1ccc(NC(=O)COC(=O)c2ccc([N+](=O)[O-])cc2)cc1S(=O)(=O)N1CCOCC1. The van der Waals surface area contributed by atoms with Gasteiger partial charge in [-0.05, 0) is 30.3 Å². The Labute approximate surface area is 189 Å². The lowest BCUT2D eigenvalue weighted by Crippen LogP contribution is -2.40. The topological polar surface area (TPSA) is 154 Å². The van der Waals surface area contributed by atoms with Crippen molar-refractivity contribution < 1.29 is 37.1 Å². The molecule has 0 radical (unpaired) electrons. The number of carbonyl (C=O) groups excluding carboxylic acids is 2. The highest BCUT2D eigenvalue weighted by Gasteiger charge is 2.29. The number of sulfonamides is 1. The van der Waals surface area contributed by atoms with Gasteiger partial charge < -0.3 is 19.5 Å². The maximum Gasteiger partial charge on any atom is 0.338 e. The number of esters is 1. The number of ether oxygens (including phenoxy) is 3. The molecule has 0 saturated carbocycles. The third-order valence-electron chi connectivity index (χ3n) is 4.68. The van der Waals surface area contributed by atoms with Crippen LogP contribution < -0.4 is 10.1 Å². The zero-order chi connectivity index (χ0) is 24.0. The minimum absolute atomic E-state index is 0.0386. The molecule has 0 aliphatic carbocycles. The first kappa shape index (κ1) is 24.1. The van der Waals surface area contributed by atoms with Gasteiger partial charge in [-0.2, -0.15) is 4.31 Å². The summed E-state index contributed by atoms with van der Waals surface area (Å²) in [6.45, 7) is 0.297. The average Bonchev–Trinajstić information content (AvgIpc) is 2.83. The molecule has 0 bridgehead atoms. The maximum atomic E-state index is 13.0. The molecule has 1 saturated heterocycles. The third-order valence-corrected chi connectivity index (χ3v) is 6.60. The molecule has 176 valence electrons. The molecule has 2 aromatic rings. The van der Waals surface area contributed by atoms with Crippen LogP contribution in [0.1, 0.15) is 10.4 Å². The zero-order valence-electron chi connectivity index (χ0n) is 17.6. The molecule has 1 fully saturated rings. The van der Waals surface area contributed by atoms with Crippen molar-refractivity contribution in [2.45, 2.75) is 4.90 Å². The smallest absolute Gasteiger partial charge is 0.338 e. The summed E-state index contributed by atoms with van der Waals surface area (Å²) in [6.07, 6.45) is 0. The molecule has 1 aliphatic heterocycles. The molecule has 12 nitrogen and oxygen atoms in total. The zero-order valence-corrected chi connectivity index (χ0v) is 18.4. The third kappa shape index (κ3) is 5.83. The lowest BCUT2D eigenvalue weighted by Gasteiger charge is -2.26. The molecule has 1 amide bonds. The van der Waals surface area contributed by atoms with E-state index in [1.165, 1.54) is 41.7 Å². The van der Waals surface area contributed by atoms with Gasteiger partial charge in [0.15, 0.2) is 6.61 Å². The van der Waals surface area contributed by atoms with Gasteiger partial charge in [-0.3, -0.25) is 14.9 Å². The number of benzene rings is 2. The van der Waals surface area contributed by atoms with Crippen LogP contribution in [0.3, 0.4) is 0 Å². The number of hydrogen-bond donors (Lipinski definition) is 1. The summed E-state index contributed by atoms with van der Waals surface area (Å²) < 4.78 is 42.6. The van der Waals surface area contributed by atoms with Crippen LogP contribution in [0.25, 0.3) is 0 Å². The van der Waals surface area contributed by atoms with E-state index in [0.29, 0.717) is 0 Å². The Bertz CT molecular complexity index is 1140. The van der Waals surface area contributed by atoms with Crippen molar-refractivity contribution in [2.75, 3.05) is 45.3 Å². The number of morpholine rings is 1. The van der Waals surface area contributed by atoms with Crippen molar-refractivity contribution in [2.24, 2.45) is 0 Å². The Hall–Kier alpha value is -3.55. The quantitative estimate of drug-likeness (QED) is 0.336. The molecule has 33 heavy (non-hydrogen) atoms. The number of non-ortho nitro benzene ring substituents is 1. The van der Waals surface area contributed by atoms with Gasteiger partial charge in [0.2, 0.25) is 10.0 Å². The van der Waals surface area contributed by atoms with Crippen LogP contribution in [0.2, 0.25) is 0 Å². The lowest BCUT2D eigenvalue weighted by atomic mass is 10.2. The fourth-order valence-electron chi connectivity index (χ4n) is 3.01. The predicted octanol–water partition coefficient (Wildman–Crippen LogP) is 1.42. The molecular weight excluding hydrogens is 458 g/mol. The molecule has 3 rings (SSSR count). The van der Waals surface area contributed by atoms with Crippen molar-refractivity contribution in [1.29, 1.82) is 0 Å². The Morgan fingerprint density at radius 3 is 2.42 bits per heavy atom. The summed E-state index contributed by atoms with van der Waals surface area (Å²) in [6, 6.07) is 8.84. The fraction of sp³-hybridized carbons (Fsp3) is 0.300. The lowest BCUT2D eigenvalue weighted by molar-refractivity contribution is -0.384. The molecular formula is C20H21N3O9S. The Morgan fingerprint density at radius 1 is 1.15 bits per heavy atom. The predicted molar refractivity (Wildman–Crippen MR) is 115 cm³/mol. The Kier molecular flexibility index (Phi) is 7.58. The minimum atomic E-state index is -3.89. The van der Waals surface area contributed by atoms with Crippen LogP contribution in [-0.4, -0.2) is 69.5 Å². The highest BCUT2D eigenvalue weighted by atomic mass is 32.2. The van der Waals surface area contributed by atoms with Gasteiger partial charge in [-0.25, -0.2) is 13.2 Å². The van der Waals surface area contributed by atoms with E-state index in [1.54, 1.807) is 0 Å². The van der Waals surface area contributed by atoms with Gasteiger partial charge in [-0.1, -0.05) is 0 Å². The Morgan fingerprint density at radius 2 is 1.82 bits per heavy atom. The summed E-state index contributed by atoms with van der Waals surface area (Å²) in [5.41, 5.74) is 0.0161. The van der Waals surface area contributed by atoms with Crippen LogP contribution in [-0.2, 0) is 24.3 Å². The largest absolute Gasteiger partial charge is 0.495 e. The molecule has 0 atom stereocenters. The number of nitro groups is 1. The fourth-order valence-corrected chi connectivity index (χ4v) is 4.60. The Balaban J connectivity index is 1.66. The second kappa shape index (κ2) is 10.4. The van der Waals surface area contributed by atoms with E-state index in [4.69, 9.17) is 14.2 Å². The molecule has 0 unspecified atom stereocenters. The number of nitrogens with zero attached hydrogens (tertiary/aromatic N) is 2. The monoisotopic (exact) mass is 479 g/mol. The van der Waals surface area contributed by atoms with Crippen LogP contribution in [0, 0.1) is 10.1 Å². The minimum Gasteiger partial charge on any atom is -0.495 e. The summed E-state index contributed by atoms with van der Waals surface area (Å²) >= 11 is 0. The van der Waals surface area contributed by atoms with E-state index >= 15 is 0 Å². The normalized spacial score (nSPS) is 14.3. The summed E-state index contributed by atoms with van der Waals surface area (Å²) in [5.74, 6) is -1.43. The van der Waals surface area contributed by atoms with Gasteiger partial charge >= 0.3 is 5.97 Å². The van der Waals surface area contributed by atoms with E-state index in [-0.39, 0.29) is 53.9 Å². The average molecular weight is 479 g/mol. The van der Waals surface area contributed by atoms with Gasteiger partial charge in [0.25, 0.3) is 11.6 Å². The number of nitrogens with one attached hydrogen (secondary N) is 1. The van der Waals surface area contributed by atoms with Gasteiger partial charge in [0.05, 0.1) is 30.8 Å². The molecule has 1 N–H and O–H groups in total. The first-order valence-electron chi connectivity index (χ1n) is 9.69. The van der Waals surface area contributed by atoms with Crippen molar-refractivity contribution in [3.8, 4) is 5.75 Å². The second-order valence-electron chi connectivity index (χ2n) is 6.81. The van der Waals surface area contributed by atoms with Gasteiger partial charge in [0, 0.05) is 30.9 Å². The maximum absolute atomic E-state index is 13.0. The molecule has 1 aliphatic rings. The van der Waals surface area contributed by atoms with Crippen molar-refractivity contribution in [1.82, 2.24) is 4.31 Å². The van der Waals surface area contributed by atoms with E-state index in [1.807, 2.05) is 0 Å². The summed E-state index contributed by atoms with van der Waals surface area (Å²) in [5, 5.41) is 13.1. The molecule has 13 heteroatoms. The molecule has 0 spiro atoms. The number of rotatable bonds is 8. The number of methoxy groups -OCH3 is 1. The van der Waals surface area contributed by atoms with Crippen LogP contribution in [0.15, 0.2) is 47.4 Å². The van der Waals surface area contributed by atoms with Crippen molar-refractivity contribution >= 4 is 33.3 Å². The van der Waals surface area contributed by atoms with Gasteiger partial charge in [0.1, 0.15) is 10.6 Å². The number of amides is 1. The van der Waals surface area contributed by atoms with Gasteiger partial charge in [-0.15, -0.1) is 0 Å². The number of carbonyl (C=O) groups is 2. The molecule has 2 aromatic carbocycles. The molecule has 0 aromatic heterocycles. The molecule has 1 heterocycles. The van der Waals surface area contributed by atoms with E-state index < -0.39 is 33.4 Å². The first-order valence-corrected chi connectivity index (χ1v) is 11.1. The highest BCUT2D eigenvalue weighted by molar-refractivity contribution is 7.89. The van der Waals surface area contributed by atoms with Crippen LogP contribution in [0.4, 0.5) is 11.4 Å². The van der Waals surface area contributed by atoms with E-state index in [9.17, 15) is 28.1 Å². The van der Waals surface area contributed by atoms with Crippen molar-refractivity contribution in [3.63, 3.8) is 0 Å². The van der Waals surface area contributed by atoms with E-state index in [2.05, 4.69) is 5.32 Å². The van der Waals surface area contributed by atoms with Crippen molar-refractivity contribution in [3.05, 3.63) is 58.1 Å². The number of anilines is 1. The standard InChI is InChI=1S/C20H21N3O9S/c1-30-17-7-4-15(12-18(17)33(28,29)22-8-10-31-11-9-22)21-19(24)13-32-20(25)14-2-5-16(6-3-14)23(26)27/h2-7,12H,8-11,13H2,1H3,(H,21,24). The first-order chi connectivity index (χ1) is 15.7. The van der Waals surface area contributed by atoms with E-state index in [0.717, 1.165) is 12.1 Å².